The molecule has 0 saturated carbocycles. The Morgan fingerprint density at radius 2 is 2.33 bits per heavy atom. The van der Waals surface area contributed by atoms with Crippen molar-refractivity contribution in [3.8, 4) is 0 Å². The minimum absolute atomic E-state index is 0.345. The Morgan fingerprint density at radius 1 is 1.52 bits per heavy atom. The Kier molecular flexibility index (Phi) is 6.96. The average Bonchev–Trinajstić information content (AvgIpc) is 2.45. The summed E-state index contributed by atoms with van der Waals surface area (Å²) in [6.45, 7) is 5.74. The lowest BCUT2D eigenvalue weighted by Crippen LogP contribution is -2.40. The maximum atomic E-state index is 10.3. The minimum atomic E-state index is -0.516. The van der Waals surface area contributed by atoms with Crippen LogP contribution in [0.4, 0.5) is 0 Å². The molecule has 1 aliphatic heterocycles. The highest BCUT2D eigenvalue weighted by molar-refractivity contribution is 9.10. The van der Waals surface area contributed by atoms with Crippen LogP contribution in [-0.2, 0) is 4.74 Å². The number of nitrogens with zero attached hydrogens (tertiary/aromatic N) is 1. The molecule has 0 bridgehead atoms. The number of likely N-dealkylation sites (tertiary alicyclic amines) is 1. The number of benzene rings is 1. The van der Waals surface area contributed by atoms with E-state index >= 15 is 0 Å². The van der Waals surface area contributed by atoms with Crippen molar-refractivity contribution in [2.24, 2.45) is 0 Å². The fourth-order valence-corrected chi connectivity index (χ4v) is 3.62. The van der Waals surface area contributed by atoms with Gasteiger partial charge in [-0.3, -0.25) is 0 Å². The van der Waals surface area contributed by atoms with Crippen molar-refractivity contribution in [1.29, 1.82) is 0 Å². The largest absolute Gasteiger partial charge is 0.388 e. The molecular formula is C16H23BrClNO2. The predicted octanol–water partition coefficient (Wildman–Crippen LogP) is 4.03. The maximum Gasteiger partial charge on any atom is 0.0816 e. The molecule has 0 spiro atoms. The summed E-state index contributed by atoms with van der Waals surface area (Å²) in [5.41, 5.74) is 0.804. The molecular weight excluding hydrogens is 354 g/mol. The zero-order chi connectivity index (χ0) is 15.2. The lowest BCUT2D eigenvalue weighted by molar-refractivity contribution is 0.00212. The highest BCUT2D eigenvalue weighted by atomic mass is 79.9. The quantitative estimate of drug-likeness (QED) is 0.813. The lowest BCUT2D eigenvalue weighted by Gasteiger charge is -2.33. The maximum absolute atomic E-state index is 10.3. The van der Waals surface area contributed by atoms with Crippen LogP contribution >= 0.6 is 27.5 Å². The molecule has 0 radical (unpaired) electrons. The first-order valence-corrected chi connectivity index (χ1v) is 8.74. The number of hydrogen-bond acceptors (Lipinski definition) is 3. The number of hydrogen-bond donors (Lipinski definition) is 1. The second kappa shape index (κ2) is 8.49. The van der Waals surface area contributed by atoms with Gasteiger partial charge in [0, 0.05) is 29.2 Å². The molecule has 2 rings (SSSR count). The predicted molar refractivity (Wildman–Crippen MR) is 89.8 cm³/mol. The first-order chi connectivity index (χ1) is 10.1. The van der Waals surface area contributed by atoms with E-state index in [0.29, 0.717) is 17.5 Å². The van der Waals surface area contributed by atoms with E-state index in [9.17, 15) is 5.11 Å². The van der Waals surface area contributed by atoms with Crippen LogP contribution in [0.1, 0.15) is 37.9 Å². The van der Waals surface area contributed by atoms with Crippen molar-refractivity contribution in [3.63, 3.8) is 0 Å². The van der Waals surface area contributed by atoms with Crippen molar-refractivity contribution in [1.82, 2.24) is 4.90 Å². The molecule has 5 heteroatoms. The highest BCUT2D eigenvalue weighted by Crippen LogP contribution is 2.28. The van der Waals surface area contributed by atoms with Crippen molar-refractivity contribution in [2.45, 2.75) is 38.4 Å². The molecule has 1 fully saturated rings. The fraction of sp³-hybridized carbons (Fsp3) is 0.625. The van der Waals surface area contributed by atoms with Crippen molar-refractivity contribution in [2.75, 3.05) is 26.2 Å². The van der Waals surface area contributed by atoms with Gasteiger partial charge in [0.05, 0.1) is 12.2 Å². The van der Waals surface area contributed by atoms with Crippen molar-refractivity contribution in [3.05, 3.63) is 33.3 Å². The van der Waals surface area contributed by atoms with E-state index in [1.807, 2.05) is 25.1 Å². The summed E-state index contributed by atoms with van der Waals surface area (Å²) in [5.74, 6) is 0. The van der Waals surface area contributed by atoms with Gasteiger partial charge in [-0.05, 0) is 50.4 Å². The van der Waals surface area contributed by atoms with Crippen LogP contribution in [0.25, 0.3) is 0 Å². The van der Waals surface area contributed by atoms with Crippen LogP contribution in [0.5, 0.6) is 0 Å². The molecule has 0 amide bonds. The number of piperidine rings is 1. The molecule has 1 saturated heterocycles. The standard InChI is InChI=1S/C16H23BrClNO2/c1-2-21-13-4-3-8-19(11-13)9-7-16(20)14-6-5-12(17)10-15(14)18/h5-6,10,13,16,20H,2-4,7-9,11H2,1H3. The number of aliphatic hydroxyl groups is 1. The fourth-order valence-electron chi connectivity index (χ4n) is 2.82. The van der Waals surface area contributed by atoms with E-state index in [1.54, 1.807) is 0 Å². The van der Waals surface area contributed by atoms with E-state index in [1.165, 1.54) is 6.42 Å². The third-order valence-corrected chi connectivity index (χ3v) is 4.73. The SMILES string of the molecule is CCOC1CCCN(CCC(O)c2ccc(Br)cc2Cl)C1. The van der Waals surface area contributed by atoms with Crippen molar-refractivity contribution < 1.29 is 9.84 Å². The first kappa shape index (κ1) is 17.2. The van der Waals surface area contributed by atoms with Gasteiger partial charge in [0.25, 0.3) is 0 Å². The second-order valence-electron chi connectivity index (χ2n) is 5.49. The van der Waals surface area contributed by atoms with E-state index in [0.717, 1.165) is 42.7 Å². The molecule has 2 atom stereocenters. The van der Waals surface area contributed by atoms with Gasteiger partial charge >= 0.3 is 0 Å². The molecule has 1 aromatic rings. The van der Waals surface area contributed by atoms with Crippen LogP contribution in [0.15, 0.2) is 22.7 Å². The third kappa shape index (κ3) is 5.22. The zero-order valence-corrected chi connectivity index (χ0v) is 14.7. The van der Waals surface area contributed by atoms with Gasteiger partial charge in [0.2, 0.25) is 0 Å². The molecule has 0 aliphatic carbocycles. The van der Waals surface area contributed by atoms with Crippen LogP contribution in [0.2, 0.25) is 5.02 Å². The van der Waals surface area contributed by atoms with Gasteiger partial charge in [0.15, 0.2) is 0 Å². The Balaban J connectivity index is 1.84. The monoisotopic (exact) mass is 375 g/mol. The van der Waals surface area contributed by atoms with E-state index in [2.05, 4.69) is 20.8 Å². The van der Waals surface area contributed by atoms with Crippen LogP contribution in [0.3, 0.4) is 0 Å². The summed E-state index contributed by atoms with van der Waals surface area (Å²) in [4.78, 5) is 2.37. The minimum Gasteiger partial charge on any atom is -0.388 e. The Bertz CT molecular complexity index is 456. The normalized spacial score (nSPS) is 21.4. The summed E-state index contributed by atoms with van der Waals surface area (Å²) in [5, 5.41) is 10.9. The van der Waals surface area contributed by atoms with E-state index in [-0.39, 0.29) is 0 Å². The van der Waals surface area contributed by atoms with Gasteiger partial charge in [-0.25, -0.2) is 0 Å². The molecule has 1 aromatic carbocycles. The molecule has 2 unspecified atom stereocenters. The summed E-state index contributed by atoms with van der Waals surface area (Å²) in [6, 6.07) is 5.62. The van der Waals surface area contributed by atoms with Crippen molar-refractivity contribution >= 4 is 27.5 Å². The Hall–Kier alpha value is -0.130. The number of halogens is 2. The van der Waals surface area contributed by atoms with E-state index < -0.39 is 6.10 Å². The Labute approximate surface area is 140 Å². The number of aliphatic hydroxyl groups excluding tert-OH is 1. The molecule has 0 aromatic heterocycles. The second-order valence-corrected chi connectivity index (χ2v) is 6.81. The van der Waals surface area contributed by atoms with Gasteiger partial charge in [-0.15, -0.1) is 0 Å². The number of ether oxygens (including phenoxy) is 1. The van der Waals surface area contributed by atoms with E-state index in [4.69, 9.17) is 16.3 Å². The third-order valence-electron chi connectivity index (χ3n) is 3.90. The first-order valence-electron chi connectivity index (χ1n) is 7.57. The van der Waals surface area contributed by atoms with Gasteiger partial charge < -0.3 is 14.7 Å². The summed E-state index contributed by atoms with van der Waals surface area (Å²) >= 11 is 9.57. The topological polar surface area (TPSA) is 32.7 Å². The van der Waals surface area contributed by atoms with Crippen LogP contribution < -0.4 is 0 Å². The van der Waals surface area contributed by atoms with Gasteiger partial charge in [0.1, 0.15) is 0 Å². The molecule has 21 heavy (non-hydrogen) atoms. The zero-order valence-electron chi connectivity index (χ0n) is 12.4. The molecule has 1 N–H and O–H groups in total. The summed E-state index contributed by atoms with van der Waals surface area (Å²) in [7, 11) is 0. The van der Waals surface area contributed by atoms with Gasteiger partial charge in [-0.1, -0.05) is 33.6 Å². The smallest absolute Gasteiger partial charge is 0.0816 e. The molecule has 3 nitrogen and oxygen atoms in total. The van der Waals surface area contributed by atoms with Crippen LogP contribution in [-0.4, -0.2) is 42.4 Å². The van der Waals surface area contributed by atoms with Crippen LogP contribution in [0, 0.1) is 0 Å². The molecule has 1 heterocycles. The molecule has 118 valence electrons. The molecule has 1 aliphatic rings. The average molecular weight is 377 g/mol. The lowest BCUT2D eigenvalue weighted by atomic mass is 10.0. The highest BCUT2D eigenvalue weighted by Gasteiger charge is 2.21. The van der Waals surface area contributed by atoms with Gasteiger partial charge in [-0.2, -0.15) is 0 Å². The summed E-state index contributed by atoms with van der Waals surface area (Å²) < 4.78 is 6.64. The number of rotatable bonds is 6. The summed E-state index contributed by atoms with van der Waals surface area (Å²) in [6.07, 6.45) is 2.83. The Morgan fingerprint density at radius 3 is 3.05 bits per heavy atom.